The molecule has 2 amide bonds. The third kappa shape index (κ3) is 4.98. The van der Waals surface area contributed by atoms with E-state index in [0.29, 0.717) is 17.4 Å². The Bertz CT molecular complexity index is 522. The van der Waals surface area contributed by atoms with Gasteiger partial charge in [-0.05, 0) is 31.9 Å². The predicted molar refractivity (Wildman–Crippen MR) is 79.8 cm³/mol. The summed E-state index contributed by atoms with van der Waals surface area (Å²) in [5.74, 6) is -0.429. The number of carbonyl (C=O) groups excluding carboxylic acids is 2. The number of hydrogen-bond donors (Lipinski definition) is 2. The Morgan fingerprint density at radius 2 is 2.10 bits per heavy atom. The van der Waals surface area contributed by atoms with Crippen LogP contribution in [0.15, 0.2) is 29.5 Å². The monoisotopic (exact) mass is 288 g/mol. The van der Waals surface area contributed by atoms with Crippen molar-refractivity contribution in [3.05, 3.63) is 30.1 Å². The van der Waals surface area contributed by atoms with E-state index < -0.39 is 0 Å². The van der Waals surface area contributed by atoms with E-state index in [2.05, 4.69) is 20.8 Å². The zero-order chi connectivity index (χ0) is 15.1. The summed E-state index contributed by atoms with van der Waals surface area (Å²) in [4.78, 5) is 27.5. The summed E-state index contributed by atoms with van der Waals surface area (Å²) in [6.07, 6.45) is 6.20. The van der Waals surface area contributed by atoms with E-state index in [1.165, 1.54) is 12.8 Å². The maximum Gasteiger partial charge on any atom is 0.289 e. The van der Waals surface area contributed by atoms with Crippen LogP contribution in [0.5, 0.6) is 0 Å². The van der Waals surface area contributed by atoms with Crippen molar-refractivity contribution in [1.29, 1.82) is 0 Å². The van der Waals surface area contributed by atoms with Crippen LogP contribution in [-0.4, -0.2) is 28.6 Å². The van der Waals surface area contributed by atoms with Crippen molar-refractivity contribution in [3.8, 4) is 0 Å². The lowest BCUT2D eigenvalue weighted by molar-refractivity contribution is -0.120. The molecule has 2 rings (SSSR count). The molecule has 1 aliphatic carbocycles. The highest BCUT2D eigenvalue weighted by atomic mass is 16.2. The highest BCUT2D eigenvalue weighted by molar-refractivity contribution is 6.01. The number of aromatic nitrogens is 1. The summed E-state index contributed by atoms with van der Waals surface area (Å²) in [5, 5.41) is 6.92. The van der Waals surface area contributed by atoms with Crippen LogP contribution in [0.3, 0.4) is 0 Å². The molecule has 0 radical (unpaired) electrons. The van der Waals surface area contributed by atoms with E-state index >= 15 is 0 Å². The lowest BCUT2D eigenvalue weighted by Gasteiger charge is -2.11. The quantitative estimate of drug-likeness (QED) is 0.638. The molecule has 1 heterocycles. The fraction of sp³-hybridized carbons (Fsp3) is 0.467. The molecule has 0 bridgehead atoms. The molecule has 1 aromatic rings. The number of amides is 2. The van der Waals surface area contributed by atoms with Crippen LogP contribution in [0.25, 0.3) is 0 Å². The van der Waals surface area contributed by atoms with E-state index in [0.717, 1.165) is 12.8 Å². The van der Waals surface area contributed by atoms with Crippen LogP contribution in [0, 0.1) is 0 Å². The second-order valence-corrected chi connectivity index (χ2v) is 5.23. The molecule has 0 atom stereocenters. The summed E-state index contributed by atoms with van der Waals surface area (Å²) in [6.45, 7) is 1.72. The largest absolute Gasteiger partial charge is 0.353 e. The standard InChI is InChI=1S/C15H20N4O2/c1-11(10-14(20)17-12-6-2-3-7-12)18-19-15(21)13-8-4-5-9-16-13/h4-5,8-9,12H,2-3,6-7,10H2,1H3,(H,17,20)(H,19,21)/b18-11+. The summed E-state index contributed by atoms with van der Waals surface area (Å²) in [5.41, 5.74) is 3.26. The maximum atomic E-state index is 11.8. The number of rotatable bonds is 5. The van der Waals surface area contributed by atoms with E-state index in [1.807, 2.05) is 0 Å². The minimum absolute atomic E-state index is 0.0461. The average molecular weight is 288 g/mol. The van der Waals surface area contributed by atoms with Gasteiger partial charge in [0.2, 0.25) is 5.91 Å². The Labute approximate surface area is 124 Å². The van der Waals surface area contributed by atoms with Crippen molar-refractivity contribution in [2.75, 3.05) is 0 Å². The summed E-state index contributed by atoms with van der Waals surface area (Å²) < 4.78 is 0. The second-order valence-electron chi connectivity index (χ2n) is 5.23. The van der Waals surface area contributed by atoms with E-state index in [-0.39, 0.29) is 18.2 Å². The number of nitrogens with one attached hydrogen (secondary N) is 2. The van der Waals surface area contributed by atoms with Crippen molar-refractivity contribution in [2.45, 2.75) is 45.1 Å². The van der Waals surface area contributed by atoms with Crippen molar-refractivity contribution in [2.24, 2.45) is 5.10 Å². The Morgan fingerprint density at radius 3 is 2.76 bits per heavy atom. The van der Waals surface area contributed by atoms with Gasteiger partial charge in [-0.15, -0.1) is 0 Å². The Kier molecular flexibility index (Phi) is 5.43. The first-order valence-corrected chi connectivity index (χ1v) is 7.19. The van der Waals surface area contributed by atoms with Gasteiger partial charge >= 0.3 is 0 Å². The molecule has 0 spiro atoms. The third-order valence-corrected chi connectivity index (χ3v) is 3.38. The molecule has 1 aromatic heterocycles. The molecule has 112 valence electrons. The Balaban J connectivity index is 1.78. The normalized spacial score (nSPS) is 15.8. The smallest absolute Gasteiger partial charge is 0.289 e. The third-order valence-electron chi connectivity index (χ3n) is 3.38. The summed E-state index contributed by atoms with van der Waals surface area (Å²) in [6, 6.07) is 5.37. The molecule has 6 nitrogen and oxygen atoms in total. The van der Waals surface area contributed by atoms with Gasteiger partial charge in [-0.3, -0.25) is 14.6 Å². The van der Waals surface area contributed by atoms with Gasteiger partial charge in [0.1, 0.15) is 5.69 Å². The molecule has 0 aliphatic heterocycles. The fourth-order valence-electron chi connectivity index (χ4n) is 2.32. The first kappa shape index (κ1) is 15.2. The minimum atomic E-state index is -0.383. The van der Waals surface area contributed by atoms with Crippen LogP contribution in [0.1, 0.15) is 49.5 Å². The maximum absolute atomic E-state index is 11.8. The molecule has 1 saturated carbocycles. The Hall–Kier alpha value is -2.24. The van der Waals surface area contributed by atoms with Gasteiger partial charge in [-0.1, -0.05) is 18.9 Å². The average Bonchev–Trinajstić information content (AvgIpc) is 2.98. The van der Waals surface area contributed by atoms with Crippen molar-refractivity contribution in [3.63, 3.8) is 0 Å². The highest BCUT2D eigenvalue weighted by Gasteiger charge is 2.17. The van der Waals surface area contributed by atoms with E-state index in [1.54, 1.807) is 31.3 Å². The number of hydrogen-bond acceptors (Lipinski definition) is 4. The molecule has 1 aliphatic rings. The summed E-state index contributed by atoms with van der Waals surface area (Å²) >= 11 is 0. The zero-order valence-electron chi connectivity index (χ0n) is 12.1. The topological polar surface area (TPSA) is 83.5 Å². The van der Waals surface area contributed by atoms with Crippen molar-refractivity contribution < 1.29 is 9.59 Å². The van der Waals surface area contributed by atoms with Gasteiger partial charge in [-0.25, -0.2) is 5.43 Å². The predicted octanol–water partition coefficient (Wildman–Crippen LogP) is 1.64. The highest BCUT2D eigenvalue weighted by Crippen LogP contribution is 2.17. The summed E-state index contributed by atoms with van der Waals surface area (Å²) in [7, 11) is 0. The van der Waals surface area contributed by atoms with Crippen LogP contribution in [0.4, 0.5) is 0 Å². The lowest BCUT2D eigenvalue weighted by atomic mass is 10.2. The SMILES string of the molecule is C/C(CC(=O)NC1CCCC1)=N\NC(=O)c1ccccn1. The first-order chi connectivity index (χ1) is 10.1. The molecule has 0 aromatic carbocycles. The molecule has 21 heavy (non-hydrogen) atoms. The minimum Gasteiger partial charge on any atom is -0.353 e. The van der Waals surface area contributed by atoms with Crippen LogP contribution < -0.4 is 10.7 Å². The number of hydrazone groups is 1. The van der Waals surface area contributed by atoms with Crippen LogP contribution in [-0.2, 0) is 4.79 Å². The van der Waals surface area contributed by atoms with E-state index in [4.69, 9.17) is 0 Å². The second kappa shape index (κ2) is 7.52. The van der Waals surface area contributed by atoms with Gasteiger partial charge in [0.05, 0.1) is 6.42 Å². The molecule has 1 fully saturated rings. The van der Waals surface area contributed by atoms with Crippen molar-refractivity contribution in [1.82, 2.24) is 15.7 Å². The number of pyridine rings is 1. The Morgan fingerprint density at radius 1 is 1.33 bits per heavy atom. The van der Waals surface area contributed by atoms with Crippen molar-refractivity contribution >= 4 is 17.5 Å². The molecular weight excluding hydrogens is 268 g/mol. The van der Waals surface area contributed by atoms with Gasteiger partial charge in [0.25, 0.3) is 5.91 Å². The van der Waals surface area contributed by atoms with Gasteiger partial charge < -0.3 is 5.32 Å². The molecule has 0 saturated heterocycles. The first-order valence-electron chi connectivity index (χ1n) is 7.19. The van der Waals surface area contributed by atoms with E-state index in [9.17, 15) is 9.59 Å². The number of carbonyl (C=O) groups is 2. The van der Waals surface area contributed by atoms with Crippen LogP contribution in [0.2, 0.25) is 0 Å². The molecule has 2 N–H and O–H groups in total. The molecule has 0 unspecified atom stereocenters. The number of nitrogens with zero attached hydrogens (tertiary/aromatic N) is 2. The van der Waals surface area contributed by atoms with Crippen LogP contribution >= 0.6 is 0 Å². The van der Waals surface area contributed by atoms with Gasteiger partial charge in [0, 0.05) is 18.0 Å². The van der Waals surface area contributed by atoms with Gasteiger partial charge in [-0.2, -0.15) is 5.10 Å². The molecular formula is C15H20N4O2. The molecule has 6 heteroatoms. The lowest BCUT2D eigenvalue weighted by Crippen LogP contribution is -2.33. The zero-order valence-corrected chi connectivity index (χ0v) is 12.1. The van der Waals surface area contributed by atoms with Gasteiger partial charge in [0.15, 0.2) is 0 Å². The fourth-order valence-corrected chi connectivity index (χ4v) is 2.32.